The Bertz CT molecular complexity index is 533. The first-order valence-electron chi connectivity index (χ1n) is 8.18. The van der Waals surface area contributed by atoms with Gasteiger partial charge in [-0.25, -0.2) is 0 Å². The molecule has 1 heterocycles. The van der Waals surface area contributed by atoms with E-state index in [-0.39, 0.29) is 5.60 Å². The molecule has 1 aliphatic heterocycles. The van der Waals surface area contributed by atoms with Crippen LogP contribution in [0.25, 0.3) is 0 Å². The largest absolute Gasteiger partial charge is 0.493 e. The van der Waals surface area contributed by atoms with Crippen molar-refractivity contribution in [3.63, 3.8) is 0 Å². The SMILES string of the molecule is CCN(Cc1cc(Cl)cc(OC)c1OC)[C@@H]1CCOC(C)(C)C1. The lowest BCUT2D eigenvalue weighted by Gasteiger charge is -2.41. The molecule has 23 heavy (non-hydrogen) atoms. The molecule has 5 heteroatoms. The number of benzene rings is 1. The molecule has 1 aromatic carbocycles. The molecule has 1 aliphatic rings. The summed E-state index contributed by atoms with van der Waals surface area (Å²) in [4.78, 5) is 2.47. The van der Waals surface area contributed by atoms with Crippen molar-refractivity contribution in [1.82, 2.24) is 4.90 Å². The molecule has 0 saturated carbocycles. The van der Waals surface area contributed by atoms with Crippen LogP contribution in [0.15, 0.2) is 12.1 Å². The minimum Gasteiger partial charge on any atom is -0.493 e. The molecule has 0 aromatic heterocycles. The minimum absolute atomic E-state index is 0.0630. The molecule has 0 aliphatic carbocycles. The van der Waals surface area contributed by atoms with Crippen molar-refractivity contribution in [2.75, 3.05) is 27.4 Å². The number of rotatable bonds is 6. The topological polar surface area (TPSA) is 30.9 Å². The van der Waals surface area contributed by atoms with Crippen LogP contribution in [-0.2, 0) is 11.3 Å². The third-order valence-electron chi connectivity index (χ3n) is 4.49. The molecule has 0 bridgehead atoms. The fourth-order valence-corrected chi connectivity index (χ4v) is 3.58. The maximum absolute atomic E-state index is 6.24. The zero-order chi connectivity index (χ0) is 17.0. The van der Waals surface area contributed by atoms with Crippen LogP contribution in [0.1, 0.15) is 39.2 Å². The normalized spacial score (nSPS) is 20.6. The molecule has 130 valence electrons. The Morgan fingerprint density at radius 3 is 2.61 bits per heavy atom. The van der Waals surface area contributed by atoms with Crippen molar-refractivity contribution in [3.05, 3.63) is 22.7 Å². The van der Waals surface area contributed by atoms with Crippen molar-refractivity contribution < 1.29 is 14.2 Å². The molecule has 1 saturated heterocycles. The van der Waals surface area contributed by atoms with Crippen LogP contribution in [0.5, 0.6) is 11.5 Å². The molecule has 0 N–H and O–H groups in total. The maximum atomic E-state index is 6.24. The summed E-state index contributed by atoms with van der Waals surface area (Å²) >= 11 is 6.24. The predicted molar refractivity (Wildman–Crippen MR) is 93.7 cm³/mol. The molecule has 0 amide bonds. The van der Waals surface area contributed by atoms with Crippen molar-refractivity contribution in [1.29, 1.82) is 0 Å². The van der Waals surface area contributed by atoms with Crippen LogP contribution in [0.2, 0.25) is 5.02 Å². The van der Waals surface area contributed by atoms with Crippen molar-refractivity contribution in [2.45, 2.75) is 51.8 Å². The summed E-state index contributed by atoms with van der Waals surface area (Å²) in [6, 6.07) is 4.26. The molecular formula is C18H28ClNO3. The molecule has 0 unspecified atom stereocenters. The summed E-state index contributed by atoms with van der Waals surface area (Å²) in [6.07, 6.45) is 2.08. The summed E-state index contributed by atoms with van der Waals surface area (Å²) in [5.74, 6) is 1.44. The van der Waals surface area contributed by atoms with E-state index in [2.05, 4.69) is 25.7 Å². The van der Waals surface area contributed by atoms with Crippen LogP contribution in [0, 0.1) is 0 Å². The van der Waals surface area contributed by atoms with Gasteiger partial charge in [0.1, 0.15) is 0 Å². The molecule has 0 spiro atoms. The van der Waals surface area contributed by atoms with E-state index in [1.807, 2.05) is 6.07 Å². The zero-order valence-corrected chi connectivity index (χ0v) is 15.6. The minimum atomic E-state index is -0.0630. The second-order valence-corrected chi connectivity index (χ2v) is 7.05. The van der Waals surface area contributed by atoms with Gasteiger partial charge in [-0.05, 0) is 39.3 Å². The summed E-state index contributed by atoms with van der Waals surface area (Å²) in [5, 5.41) is 0.668. The van der Waals surface area contributed by atoms with Gasteiger partial charge in [0.25, 0.3) is 0 Å². The molecular weight excluding hydrogens is 314 g/mol. The Hall–Kier alpha value is -0.970. The number of methoxy groups -OCH3 is 2. The van der Waals surface area contributed by atoms with E-state index in [0.717, 1.165) is 43.9 Å². The van der Waals surface area contributed by atoms with Gasteiger partial charge in [0, 0.05) is 35.8 Å². The highest BCUT2D eigenvalue weighted by molar-refractivity contribution is 6.30. The van der Waals surface area contributed by atoms with Gasteiger partial charge in [-0.1, -0.05) is 18.5 Å². The monoisotopic (exact) mass is 341 g/mol. The Kier molecular flexibility index (Phi) is 6.18. The molecule has 0 radical (unpaired) electrons. The third-order valence-corrected chi connectivity index (χ3v) is 4.71. The summed E-state index contributed by atoms with van der Waals surface area (Å²) in [6.45, 7) is 9.09. The van der Waals surface area contributed by atoms with Gasteiger partial charge in [0.05, 0.1) is 19.8 Å². The lowest BCUT2D eigenvalue weighted by atomic mass is 9.92. The van der Waals surface area contributed by atoms with Gasteiger partial charge in [-0.3, -0.25) is 4.90 Å². The van der Waals surface area contributed by atoms with E-state index in [9.17, 15) is 0 Å². The molecule has 1 aromatic rings. The molecule has 2 rings (SSSR count). The van der Waals surface area contributed by atoms with E-state index in [0.29, 0.717) is 16.8 Å². The van der Waals surface area contributed by atoms with Crippen LogP contribution in [-0.4, -0.2) is 43.9 Å². The average Bonchev–Trinajstić information content (AvgIpc) is 2.50. The zero-order valence-electron chi connectivity index (χ0n) is 14.8. The maximum Gasteiger partial charge on any atom is 0.165 e. The summed E-state index contributed by atoms with van der Waals surface area (Å²) in [7, 11) is 3.31. The van der Waals surface area contributed by atoms with Crippen molar-refractivity contribution in [2.24, 2.45) is 0 Å². The number of halogens is 1. The number of nitrogens with zero attached hydrogens (tertiary/aromatic N) is 1. The fraction of sp³-hybridized carbons (Fsp3) is 0.667. The van der Waals surface area contributed by atoms with E-state index in [4.69, 9.17) is 25.8 Å². The third kappa shape index (κ3) is 4.52. The van der Waals surface area contributed by atoms with E-state index in [1.54, 1.807) is 20.3 Å². The van der Waals surface area contributed by atoms with Gasteiger partial charge in [-0.15, -0.1) is 0 Å². The van der Waals surface area contributed by atoms with Crippen LogP contribution in [0.4, 0.5) is 0 Å². The van der Waals surface area contributed by atoms with E-state index >= 15 is 0 Å². The highest BCUT2D eigenvalue weighted by atomic mass is 35.5. The fourth-order valence-electron chi connectivity index (χ4n) is 3.35. The Morgan fingerprint density at radius 1 is 1.30 bits per heavy atom. The van der Waals surface area contributed by atoms with Gasteiger partial charge >= 0.3 is 0 Å². The second-order valence-electron chi connectivity index (χ2n) is 6.62. The lowest BCUT2D eigenvalue weighted by Crippen LogP contribution is -2.45. The molecule has 1 fully saturated rings. The highest BCUT2D eigenvalue weighted by Crippen LogP contribution is 2.36. The number of hydrogen-bond donors (Lipinski definition) is 0. The first kappa shape index (κ1) is 18.4. The first-order chi connectivity index (χ1) is 10.9. The second kappa shape index (κ2) is 7.73. The molecule has 1 atom stereocenters. The van der Waals surface area contributed by atoms with E-state index < -0.39 is 0 Å². The van der Waals surface area contributed by atoms with Crippen LogP contribution >= 0.6 is 11.6 Å². The average molecular weight is 342 g/mol. The Balaban J connectivity index is 2.23. The first-order valence-corrected chi connectivity index (χ1v) is 8.56. The van der Waals surface area contributed by atoms with Crippen molar-refractivity contribution in [3.8, 4) is 11.5 Å². The quantitative estimate of drug-likeness (QED) is 0.778. The number of ether oxygens (including phenoxy) is 3. The van der Waals surface area contributed by atoms with Crippen LogP contribution < -0.4 is 9.47 Å². The highest BCUT2D eigenvalue weighted by Gasteiger charge is 2.32. The Morgan fingerprint density at radius 2 is 2.04 bits per heavy atom. The standard InChI is InChI=1S/C18H28ClNO3/c1-6-20(15-7-8-23-18(2,3)11-15)12-13-9-14(19)10-16(21-4)17(13)22-5/h9-10,15H,6-8,11-12H2,1-5H3/t15-/m1/s1. The lowest BCUT2D eigenvalue weighted by molar-refractivity contribution is -0.0839. The van der Waals surface area contributed by atoms with Gasteiger partial charge < -0.3 is 14.2 Å². The van der Waals surface area contributed by atoms with Gasteiger partial charge in [0.2, 0.25) is 0 Å². The van der Waals surface area contributed by atoms with Gasteiger partial charge in [0.15, 0.2) is 11.5 Å². The smallest absolute Gasteiger partial charge is 0.165 e. The molecule has 4 nitrogen and oxygen atoms in total. The summed E-state index contributed by atoms with van der Waals surface area (Å²) in [5.41, 5.74) is 0.995. The van der Waals surface area contributed by atoms with Gasteiger partial charge in [-0.2, -0.15) is 0 Å². The Labute approximate surface area is 144 Å². The van der Waals surface area contributed by atoms with Crippen molar-refractivity contribution >= 4 is 11.6 Å². The van der Waals surface area contributed by atoms with Crippen LogP contribution in [0.3, 0.4) is 0 Å². The number of hydrogen-bond acceptors (Lipinski definition) is 4. The predicted octanol–water partition coefficient (Wildman–Crippen LogP) is 4.14. The van der Waals surface area contributed by atoms with E-state index in [1.165, 1.54) is 0 Å². The summed E-state index contributed by atoms with van der Waals surface area (Å²) < 4.78 is 16.8.